The molecule has 1 fully saturated rings. The predicted molar refractivity (Wildman–Crippen MR) is 175 cm³/mol. The molecular weight excluding hydrogens is 721 g/mol. The Morgan fingerprint density at radius 2 is 1.84 bits per heavy atom. The number of thioether (sulfide) groups is 2. The number of aliphatic carboxylic acids is 2. The lowest BCUT2D eigenvalue weighted by Gasteiger charge is -2.49. The van der Waals surface area contributed by atoms with Crippen LogP contribution in [0.1, 0.15) is 16.1 Å². The summed E-state index contributed by atoms with van der Waals surface area (Å²) >= 11 is 3.48. The Hall–Kier alpha value is -5.87. The minimum absolute atomic E-state index is 0.00733. The van der Waals surface area contributed by atoms with Crippen molar-refractivity contribution in [2.45, 2.75) is 16.3 Å². The number of nitrogens with one attached hydrogen (secondary N) is 3. The maximum absolute atomic E-state index is 13.2. The number of carbonyl (C=O) groups is 6. The van der Waals surface area contributed by atoms with Crippen molar-refractivity contribution >= 4 is 81.4 Å². The van der Waals surface area contributed by atoms with Crippen molar-refractivity contribution < 1.29 is 58.6 Å². The fourth-order valence-electron chi connectivity index (χ4n) is 4.48. The normalized spacial score (nSPS) is 16.9. The molecule has 0 radical (unpaired) electrons. The highest BCUT2D eigenvalue weighted by Crippen LogP contribution is 2.41. The van der Waals surface area contributed by atoms with Crippen LogP contribution in [-0.2, 0) is 24.0 Å². The Morgan fingerprint density at radius 1 is 1.10 bits per heavy atom. The molecule has 2 aromatic heterocycles. The fraction of sp³-hybridized carbons (Fsp3) is 0.179. The molecule has 0 unspecified atom stereocenters. The number of carboxylic acids is 2. The van der Waals surface area contributed by atoms with E-state index in [2.05, 4.69) is 26.3 Å². The number of carboxylic acid groups (broad SMARTS) is 2. The van der Waals surface area contributed by atoms with Crippen LogP contribution in [0.25, 0.3) is 0 Å². The number of phenolic OH excluding ortho intramolecular Hbond substituents is 2. The molecular formula is C28H25N8O11S3+. The number of aromatic nitrogens is 2. The first-order chi connectivity index (χ1) is 23.8. The molecule has 50 heavy (non-hydrogen) atoms. The van der Waals surface area contributed by atoms with Gasteiger partial charge in [0.15, 0.2) is 22.3 Å². The van der Waals surface area contributed by atoms with Crippen LogP contribution in [0.4, 0.5) is 9.93 Å². The number of amides is 4. The van der Waals surface area contributed by atoms with Crippen LogP contribution in [0.2, 0.25) is 0 Å². The van der Waals surface area contributed by atoms with E-state index in [1.807, 2.05) is 0 Å². The Balaban J connectivity index is 1.19. The van der Waals surface area contributed by atoms with Crippen molar-refractivity contribution in [3.63, 3.8) is 0 Å². The third-order valence-corrected chi connectivity index (χ3v) is 9.94. The average Bonchev–Trinajstić information content (AvgIpc) is 3.52. The van der Waals surface area contributed by atoms with Crippen molar-refractivity contribution in [2.75, 3.05) is 23.8 Å². The van der Waals surface area contributed by atoms with Crippen molar-refractivity contribution in [1.82, 2.24) is 26.1 Å². The van der Waals surface area contributed by atoms with Crippen molar-refractivity contribution in [2.24, 2.45) is 5.16 Å². The second-order valence-corrected chi connectivity index (χ2v) is 13.2. The zero-order chi connectivity index (χ0) is 36.1. The van der Waals surface area contributed by atoms with Crippen LogP contribution < -0.4 is 26.5 Å². The van der Waals surface area contributed by atoms with Gasteiger partial charge in [-0.2, -0.15) is 14.8 Å². The van der Waals surface area contributed by atoms with E-state index >= 15 is 0 Å². The van der Waals surface area contributed by atoms with Crippen molar-refractivity contribution in [1.29, 1.82) is 0 Å². The molecule has 9 N–H and O–H groups in total. The first kappa shape index (κ1) is 35.4. The van der Waals surface area contributed by atoms with E-state index in [1.54, 1.807) is 12.1 Å². The Kier molecular flexibility index (Phi) is 10.7. The van der Waals surface area contributed by atoms with Crippen LogP contribution in [0.15, 0.2) is 69.4 Å². The minimum Gasteiger partial charge on any atom is -0.504 e. The highest BCUT2D eigenvalue weighted by molar-refractivity contribution is 8.01. The molecule has 4 heterocycles. The number of phenols is 2. The minimum atomic E-state index is -1.34. The summed E-state index contributed by atoms with van der Waals surface area (Å²) in [6, 6.07) is 4.72. The Bertz CT molecular complexity index is 1950. The maximum Gasteiger partial charge on any atom is 0.519 e. The van der Waals surface area contributed by atoms with E-state index in [1.165, 1.54) is 47.4 Å². The lowest BCUT2D eigenvalue weighted by Crippen LogP contribution is -2.71. The number of aromatic hydroxyl groups is 2. The average molecular weight is 746 g/mol. The number of fused-ring (bicyclic) bond motifs is 1. The zero-order valence-corrected chi connectivity index (χ0v) is 27.6. The second-order valence-electron chi connectivity index (χ2n) is 10.1. The maximum atomic E-state index is 13.2. The summed E-state index contributed by atoms with van der Waals surface area (Å²) in [6.07, 6.45) is 2.82. The van der Waals surface area contributed by atoms with E-state index in [9.17, 15) is 44.1 Å². The molecule has 0 bridgehead atoms. The van der Waals surface area contributed by atoms with Gasteiger partial charge in [-0.15, -0.1) is 40.3 Å². The monoisotopic (exact) mass is 745 g/mol. The van der Waals surface area contributed by atoms with Crippen molar-refractivity contribution in [3.8, 4) is 11.5 Å². The molecule has 0 saturated carbocycles. The third kappa shape index (κ3) is 7.88. The lowest BCUT2D eigenvalue weighted by molar-refractivity contribution is -0.572. The number of nitrogens with two attached hydrogens (primary N) is 1. The lowest BCUT2D eigenvalue weighted by atomic mass is 10.0. The molecule has 0 spiro atoms. The first-order valence-electron chi connectivity index (χ1n) is 13.9. The van der Waals surface area contributed by atoms with E-state index in [0.29, 0.717) is 10.5 Å². The number of carbonyl (C=O) groups excluding carboxylic acids is 4. The molecule has 1 aromatic carbocycles. The summed E-state index contributed by atoms with van der Waals surface area (Å²) in [4.78, 5) is 84.5. The fourth-order valence-corrected chi connectivity index (χ4v) is 7.40. The van der Waals surface area contributed by atoms with Gasteiger partial charge in [-0.3, -0.25) is 19.3 Å². The summed E-state index contributed by atoms with van der Waals surface area (Å²) in [6.45, 7) is -0.840. The number of β-lactam (4-membered cyclic amide) rings is 1. The summed E-state index contributed by atoms with van der Waals surface area (Å²) < 4.78 is 1.13. The first-order valence-corrected chi connectivity index (χ1v) is 16.9. The molecule has 260 valence electrons. The number of pyridine rings is 1. The quantitative estimate of drug-likeness (QED) is 0.0311. The third-order valence-electron chi connectivity index (χ3n) is 6.83. The van der Waals surface area contributed by atoms with Gasteiger partial charge in [-0.1, -0.05) is 5.16 Å². The van der Waals surface area contributed by atoms with Crippen LogP contribution >= 0.6 is 34.9 Å². The van der Waals surface area contributed by atoms with Gasteiger partial charge in [0.2, 0.25) is 6.61 Å². The van der Waals surface area contributed by atoms with Crippen LogP contribution in [0.3, 0.4) is 0 Å². The van der Waals surface area contributed by atoms with Gasteiger partial charge in [-0.25, -0.2) is 14.6 Å². The Labute approximate surface area is 292 Å². The number of rotatable bonds is 11. The number of thiazole rings is 1. The number of benzene rings is 1. The molecule has 19 nitrogen and oxygen atoms in total. The summed E-state index contributed by atoms with van der Waals surface area (Å²) in [5.41, 5.74) is 9.82. The van der Waals surface area contributed by atoms with Crippen LogP contribution in [0, 0.1) is 0 Å². The molecule has 5 rings (SSSR count). The SMILES string of the molecule is Nc1nc(/C(=N/OCC(=O)O)C(=O)N[C@@H]2C(=O)N3C(C(=O)O)=C(CSc4cc[n+](C(=O)NNC(=O)c5ccc(O)c(O)c5)cc4)CS[C@H]23)cs1. The number of hydrogen-bond acceptors (Lipinski definition) is 15. The van der Waals surface area contributed by atoms with E-state index in [-0.39, 0.29) is 33.6 Å². The molecule has 2 aliphatic rings. The molecule has 4 amide bonds. The standard InChI is InChI=1S/C28H24N8O11S3/c29-27-30-15(11-50-27)19(34-47-8-18(39)40)23(42)31-20-24(43)36-21(26(44)45)13(10-49-25(20)36)9-48-14-3-5-35(6-4-14)28(46)33-32-22(41)12-1-2-16(37)17(38)7-12/h1-7,11,20,25H,8-10H2,(H8-,29,30,31,32,33,34,37,38,39,40,41,42,44,45,46)/p+1/t20-,25-/m1/s1. The molecule has 22 heteroatoms. The molecule has 0 aliphatic carbocycles. The number of oxime groups is 1. The largest absolute Gasteiger partial charge is 0.519 e. The van der Waals surface area contributed by atoms with Gasteiger partial charge >= 0.3 is 18.0 Å². The number of anilines is 1. The smallest absolute Gasteiger partial charge is 0.504 e. The number of hydrogen-bond donors (Lipinski definition) is 8. The summed E-state index contributed by atoms with van der Waals surface area (Å²) in [5.74, 6) is -5.52. The molecule has 3 aromatic rings. The number of nitrogen functional groups attached to an aromatic ring is 1. The van der Waals surface area contributed by atoms with E-state index in [0.717, 1.165) is 32.9 Å². The predicted octanol–water partition coefficient (Wildman–Crippen LogP) is -0.337. The second kappa shape index (κ2) is 15.1. The highest BCUT2D eigenvalue weighted by Gasteiger charge is 2.54. The van der Waals surface area contributed by atoms with E-state index in [4.69, 9.17) is 15.7 Å². The Morgan fingerprint density at radius 3 is 2.48 bits per heavy atom. The van der Waals surface area contributed by atoms with Gasteiger partial charge in [0.25, 0.3) is 17.7 Å². The van der Waals surface area contributed by atoms with Gasteiger partial charge in [0, 0.05) is 27.3 Å². The van der Waals surface area contributed by atoms with Gasteiger partial charge < -0.3 is 36.3 Å². The van der Waals surface area contributed by atoms with Crippen LogP contribution in [-0.4, -0.2) is 101 Å². The van der Waals surface area contributed by atoms with Gasteiger partial charge in [0.1, 0.15) is 35.2 Å². The molecule has 1 saturated heterocycles. The van der Waals surface area contributed by atoms with Gasteiger partial charge in [0.05, 0.1) is 0 Å². The summed E-state index contributed by atoms with van der Waals surface area (Å²) in [5, 5.41) is 44.6. The topological polar surface area (TPSA) is 287 Å². The molecule has 2 aliphatic heterocycles. The molecule has 2 atom stereocenters. The number of nitrogens with zero attached hydrogens (tertiary/aromatic N) is 4. The summed E-state index contributed by atoms with van der Waals surface area (Å²) in [7, 11) is 0. The highest BCUT2D eigenvalue weighted by atomic mass is 32.2. The zero-order valence-electron chi connectivity index (χ0n) is 25.1. The van der Waals surface area contributed by atoms with Gasteiger partial charge in [-0.05, 0) is 35.9 Å². The number of hydrazine groups is 1. The van der Waals surface area contributed by atoms with Crippen molar-refractivity contribution in [3.05, 3.63) is 70.6 Å². The van der Waals surface area contributed by atoms with E-state index < -0.39 is 70.9 Å². The van der Waals surface area contributed by atoms with Crippen LogP contribution in [0.5, 0.6) is 11.5 Å².